The molecule has 0 aromatic rings. The quantitative estimate of drug-likeness (QED) is 0.349. The van der Waals surface area contributed by atoms with Crippen LogP contribution in [-0.4, -0.2) is 11.0 Å². The fraction of sp³-hybridized carbons (Fsp3) is 0.667. The zero-order chi connectivity index (χ0) is 2.71. The second-order valence-electron chi connectivity index (χ2n) is 0.577. The Morgan fingerprint density at radius 2 is 1.25 bits per heavy atom. The van der Waals surface area contributed by atoms with Gasteiger partial charge in [-0.3, -0.25) is 0 Å². The number of hydrogen-bond acceptors (Lipinski definition) is 0. The first-order valence-electron chi connectivity index (χ1n) is 1.15. The summed E-state index contributed by atoms with van der Waals surface area (Å²) in [6.45, 7) is 4.00. The van der Waals surface area contributed by atoms with Crippen molar-refractivity contribution in [2.45, 2.75) is 13.8 Å². The van der Waals surface area contributed by atoms with Gasteiger partial charge in [-0.25, -0.2) is 0 Å². The largest absolute Gasteiger partial charge is 0.0625 e. The van der Waals surface area contributed by atoms with Crippen molar-refractivity contribution >= 4 is 11.0 Å². The first kappa shape index (κ1) is 8.88. The Kier molecular flexibility index (Phi) is 23.7. The van der Waals surface area contributed by atoms with Gasteiger partial charge in [-0.15, -0.1) is 0 Å². The smallest absolute Gasteiger partial charge is 0.0149 e. The lowest BCUT2D eigenvalue weighted by molar-refractivity contribution is 1.41. The third-order valence-corrected chi connectivity index (χ3v) is 0. The van der Waals surface area contributed by atoms with Crippen LogP contribution in [0.2, 0.25) is 0 Å². The molecule has 0 saturated heterocycles. The van der Waals surface area contributed by atoms with Crippen molar-refractivity contribution in [3.05, 3.63) is 6.42 Å². The summed E-state index contributed by atoms with van der Waals surface area (Å²) in [6, 6.07) is 0. The van der Waals surface area contributed by atoms with Gasteiger partial charge in [0.05, 0.1) is 0 Å². The maximum absolute atomic E-state index is 2.00. The molecule has 0 aliphatic heterocycles. The van der Waals surface area contributed by atoms with Gasteiger partial charge >= 0.3 is 0 Å². The van der Waals surface area contributed by atoms with E-state index in [1.807, 2.05) is 20.3 Å². The van der Waals surface area contributed by atoms with Crippen molar-refractivity contribution in [3.8, 4) is 0 Å². The van der Waals surface area contributed by atoms with Crippen LogP contribution in [0.25, 0.3) is 0 Å². The Balaban J connectivity index is 0. The van der Waals surface area contributed by atoms with Gasteiger partial charge in [0.1, 0.15) is 0 Å². The SMILES string of the molecule is C[CH]C.[SiH4]. The average Bonchev–Trinajstić information content (AvgIpc) is 0.918. The normalized spacial score (nSPS) is 4.50. The van der Waals surface area contributed by atoms with Crippen LogP contribution in [-0.2, 0) is 0 Å². The van der Waals surface area contributed by atoms with E-state index in [2.05, 4.69) is 0 Å². The van der Waals surface area contributed by atoms with Gasteiger partial charge in [-0.05, 0) is 17.4 Å². The van der Waals surface area contributed by atoms with Gasteiger partial charge in [0, 0.05) is 0 Å². The molecule has 1 heteroatoms. The molecule has 0 spiro atoms. The van der Waals surface area contributed by atoms with Gasteiger partial charge in [-0.1, -0.05) is 13.8 Å². The Morgan fingerprint density at radius 1 is 1.25 bits per heavy atom. The summed E-state index contributed by atoms with van der Waals surface area (Å²) in [5.74, 6) is 0. The molecule has 0 aromatic heterocycles. The summed E-state index contributed by atoms with van der Waals surface area (Å²) in [7, 11) is 0. The Labute approximate surface area is 32.2 Å². The molecule has 0 heterocycles. The van der Waals surface area contributed by atoms with E-state index in [0.717, 1.165) is 0 Å². The van der Waals surface area contributed by atoms with E-state index in [0.29, 0.717) is 0 Å². The summed E-state index contributed by atoms with van der Waals surface area (Å²) in [4.78, 5) is 0. The van der Waals surface area contributed by atoms with Crippen molar-refractivity contribution in [1.29, 1.82) is 0 Å². The monoisotopic (exact) mass is 75.1 g/mol. The van der Waals surface area contributed by atoms with E-state index >= 15 is 0 Å². The highest BCUT2D eigenvalue weighted by Crippen LogP contribution is 1.53. The Hall–Kier alpha value is 0.217. The van der Waals surface area contributed by atoms with E-state index in [-0.39, 0.29) is 11.0 Å². The highest BCUT2D eigenvalue weighted by Gasteiger charge is 1.36. The van der Waals surface area contributed by atoms with Gasteiger partial charge < -0.3 is 0 Å². The lowest BCUT2D eigenvalue weighted by Gasteiger charge is -1.47. The number of rotatable bonds is 0. The predicted octanol–water partition coefficient (Wildman–Crippen LogP) is -0.221. The van der Waals surface area contributed by atoms with Gasteiger partial charge in [0.2, 0.25) is 0 Å². The molecule has 0 aliphatic rings. The van der Waals surface area contributed by atoms with Crippen LogP contribution in [0.15, 0.2) is 0 Å². The number of hydrogen-bond donors (Lipinski definition) is 0. The third-order valence-electron chi connectivity index (χ3n) is 0. The molecule has 0 N–H and O–H groups in total. The highest BCUT2D eigenvalue weighted by atomic mass is 28.1. The molecule has 0 fully saturated rings. The fourth-order valence-corrected chi connectivity index (χ4v) is 0. The van der Waals surface area contributed by atoms with Crippen molar-refractivity contribution in [2.75, 3.05) is 0 Å². The molecule has 4 heavy (non-hydrogen) atoms. The standard InChI is InChI=1S/C3H7.H4Si/c1-3-2;/h3H,1-2H3;1H4. The molecular formula is C3H11Si. The fourth-order valence-electron chi connectivity index (χ4n) is 0. The summed E-state index contributed by atoms with van der Waals surface area (Å²) in [6.07, 6.45) is 2.00. The third kappa shape index (κ3) is 69.8. The molecule has 0 rings (SSSR count). The lowest BCUT2D eigenvalue weighted by atomic mass is 10.6. The summed E-state index contributed by atoms with van der Waals surface area (Å²) >= 11 is 0. The zero-order valence-corrected chi connectivity index (χ0v) is 2.58. The minimum Gasteiger partial charge on any atom is -0.0625 e. The van der Waals surface area contributed by atoms with Crippen LogP contribution in [0.3, 0.4) is 0 Å². The van der Waals surface area contributed by atoms with E-state index < -0.39 is 0 Å². The predicted molar refractivity (Wildman–Crippen MR) is 27.0 cm³/mol. The van der Waals surface area contributed by atoms with Crippen LogP contribution in [0.4, 0.5) is 0 Å². The maximum atomic E-state index is 2.00. The summed E-state index contributed by atoms with van der Waals surface area (Å²) in [5.41, 5.74) is 0. The van der Waals surface area contributed by atoms with Crippen LogP contribution in [0.1, 0.15) is 13.8 Å². The molecule has 0 unspecified atom stereocenters. The van der Waals surface area contributed by atoms with Crippen molar-refractivity contribution in [2.24, 2.45) is 0 Å². The van der Waals surface area contributed by atoms with Gasteiger partial charge in [0.15, 0.2) is 0 Å². The molecule has 0 bridgehead atoms. The van der Waals surface area contributed by atoms with Crippen molar-refractivity contribution < 1.29 is 0 Å². The van der Waals surface area contributed by atoms with Gasteiger partial charge in [-0.2, -0.15) is 0 Å². The van der Waals surface area contributed by atoms with E-state index in [1.165, 1.54) is 0 Å². The minimum absolute atomic E-state index is 0. The topological polar surface area (TPSA) is 0 Å². The molecular weight excluding hydrogens is 64.1 g/mol. The van der Waals surface area contributed by atoms with Crippen LogP contribution < -0.4 is 0 Å². The van der Waals surface area contributed by atoms with Crippen LogP contribution >= 0.6 is 0 Å². The van der Waals surface area contributed by atoms with E-state index in [9.17, 15) is 0 Å². The van der Waals surface area contributed by atoms with Crippen LogP contribution in [0, 0.1) is 6.42 Å². The Bertz CT molecular complexity index is 3.25. The first-order valence-corrected chi connectivity index (χ1v) is 1.15. The molecule has 0 aromatic carbocycles. The molecule has 27 valence electrons. The molecule has 0 aliphatic carbocycles. The van der Waals surface area contributed by atoms with Crippen molar-refractivity contribution in [3.63, 3.8) is 0 Å². The maximum Gasteiger partial charge on any atom is -0.0149 e. The summed E-state index contributed by atoms with van der Waals surface area (Å²) in [5, 5.41) is 0. The molecule has 0 nitrogen and oxygen atoms in total. The lowest BCUT2D eigenvalue weighted by Crippen LogP contribution is -1.30. The first-order chi connectivity index (χ1) is 1.41. The average molecular weight is 75.2 g/mol. The molecule has 1 radical (unpaired) electrons. The van der Waals surface area contributed by atoms with E-state index in [1.54, 1.807) is 0 Å². The zero-order valence-electron chi connectivity index (χ0n) is 2.58. The van der Waals surface area contributed by atoms with Crippen molar-refractivity contribution in [1.82, 2.24) is 0 Å². The van der Waals surface area contributed by atoms with Gasteiger partial charge in [0.25, 0.3) is 0 Å². The minimum atomic E-state index is 0. The second-order valence-corrected chi connectivity index (χ2v) is 0.577. The summed E-state index contributed by atoms with van der Waals surface area (Å²) < 4.78 is 0. The highest BCUT2D eigenvalue weighted by molar-refractivity contribution is 5.75. The second kappa shape index (κ2) is 10.7. The van der Waals surface area contributed by atoms with Crippen LogP contribution in [0.5, 0.6) is 0 Å². The van der Waals surface area contributed by atoms with E-state index in [4.69, 9.17) is 0 Å². The Morgan fingerprint density at radius 3 is 1.25 bits per heavy atom. The molecule has 0 saturated carbocycles. The molecule has 0 amide bonds. The molecule has 0 atom stereocenters.